The van der Waals surface area contributed by atoms with Gasteiger partial charge in [0.15, 0.2) is 0 Å². The lowest BCUT2D eigenvalue weighted by molar-refractivity contribution is -0.124. The van der Waals surface area contributed by atoms with Gasteiger partial charge in [0.1, 0.15) is 10.6 Å². The smallest absolute Gasteiger partial charge is 0.353 e. The second-order valence-corrected chi connectivity index (χ2v) is 15.8. The number of esters is 1. The Morgan fingerprint density at radius 3 is 2.10 bits per heavy atom. The number of carbonyl (C=O) groups excluding carboxylic acids is 3. The first kappa shape index (κ1) is 34.0. The molecule has 2 saturated heterocycles. The van der Waals surface area contributed by atoms with Crippen LogP contribution in [-0.4, -0.2) is 30.0 Å². The highest BCUT2D eigenvalue weighted by Gasteiger charge is 2.59. The number of ether oxygens (including phenoxy) is 2. The fraction of sp³-hybridized carbons (Fsp3) is 0.205. The maximum absolute atomic E-state index is 13.7. The normalized spacial score (nSPS) is 21.4. The Morgan fingerprint density at radius 1 is 0.808 bits per heavy atom. The first-order valence-corrected chi connectivity index (χ1v) is 19.1. The van der Waals surface area contributed by atoms with E-state index in [1.807, 2.05) is 66.0 Å². The standard InChI is InChI=1S/C44H36NO5S2/c1-4-36-40-41(37(50-36)23-18-28-12-7-5-8-13-28)43(47)45(42(40)46)30-19-21-31(22-20-30)49-44(48)39-25-35(27(3)52-39)33-17-11-16-32(33)34-24-38(51-26(34)2)29-14-9-6-10-15-29/h1,4-10,12-15,18-25,36-37,40-41H,11,16-17H2,2-3H3. The molecule has 1 radical (unpaired) electrons. The topological polar surface area (TPSA) is 72.9 Å². The van der Waals surface area contributed by atoms with Crippen LogP contribution in [-0.2, 0) is 14.3 Å². The van der Waals surface area contributed by atoms with Gasteiger partial charge in [0.2, 0.25) is 11.8 Å². The van der Waals surface area contributed by atoms with E-state index in [1.54, 1.807) is 24.3 Å². The van der Waals surface area contributed by atoms with E-state index in [9.17, 15) is 14.4 Å². The SMILES string of the molecule is [CH]=CC1OC(C=Cc2ccccc2)C2C(=O)N(c3ccc(OC(=O)c4cc(C5=C(c6cc(-c7ccccc7)sc6C)CCC5)c(C)s4)cc3)C(=O)C12. The molecule has 4 atom stereocenters. The predicted molar refractivity (Wildman–Crippen MR) is 208 cm³/mol. The summed E-state index contributed by atoms with van der Waals surface area (Å²) >= 11 is 3.26. The van der Waals surface area contributed by atoms with E-state index in [4.69, 9.17) is 16.1 Å². The fourth-order valence-electron chi connectivity index (χ4n) is 7.68. The summed E-state index contributed by atoms with van der Waals surface area (Å²) in [4.78, 5) is 46.1. The van der Waals surface area contributed by atoms with Crippen LogP contribution in [0, 0.1) is 32.3 Å². The minimum atomic E-state index is -0.721. The van der Waals surface area contributed by atoms with Crippen molar-refractivity contribution in [1.29, 1.82) is 0 Å². The number of imide groups is 1. The molecule has 0 spiro atoms. The minimum absolute atomic E-state index is 0.323. The van der Waals surface area contributed by atoms with Crippen LogP contribution in [0.2, 0.25) is 0 Å². The van der Waals surface area contributed by atoms with E-state index in [2.05, 4.69) is 44.2 Å². The molecule has 8 heteroatoms. The zero-order valence-corrected chi connectivity index (χ0v) is 30.4. The van der Waals surface area contributed by atoms with Crippen LogP contribution in [0.3, 0.4) is 0 Å². The molecular formula is C44H36NO5S2. The summed E-state index contributed by atoms with van der Waals surface area (Å²) in [5, 5.41) is 0. The van der Waals surface area contributed by atoms with Crippen molar-refractivity contribution >= 4 is 63.4 Å². The minimum Gasteiger partial charge on any atom is -0.422 e. The molecule has 1 aliphatic carbocycles. The second-order valence-electron chi connectivity index (χ2n) is 13.3. The highest BCUT2D eigenvalue weighted by atomic mass is 32.1. The van der Waals surface area contributed by atoms with Crippen molar-refractivity contribution in [3.05, 3.63) is 147 Å². The van der Waals surface area contributed by atoms with Gasteiger partial charge in [-0.15, -0.1) is 22.7 Å². The number of anilines is 1. The second kappa shape index (κ2) is 14.1. The number of rotatable bonds is 9. The van der Waals surface area contributed by atoms with Gasteiger partial charge in [0, 0.05) is 14.6 Å². The Kier molecular flexibility index (Phi) is 9.22. The molecule has 0 N–H and O–H groups in total. The fourth-order valence-corrected chi connectivity index (χ4v) is 9.65. The number of benzene rings is 3. The number of amides is 2. The van der Waals surface area contributed by atoms with Crippen LogP contribution < -0.4 is 9.64 Å². The highest BCUT2D eigenvalue weighted by molar-refractivity contribution is 7.15. The first-order valence-electron chi connectivity index (χ1n) is 17.4. The van der Waals surface area contributed by atoms with Gasteiger partial charge in [0.05, 0.1) is 29.7 Å². The van der Waals surface area contributed by atoms with Crippen molar-refractivity contribution < 1.29 is 23.9 Å². The molecule has 4 heterocycles. The quantitative estimate of drug-likeness (QED) is 0.0861. The number of fused-ring (bicyclic) bond motifs is 1. The first-order chi connectivity index (χ1) is 25.3. The van der Waals surface area contributed by atoms with Crippen LogP contribution in [0.4, 0.5) is 5.69 Å². The molecule has 4 unspecified atom stereocenters. The number of hydrogen-bond donors (Lipinski definition) is 0. The van der Waals surface area contributed by atoms with Gasteiger partial charge in [-0.25, -0.2) is 9.69 Å². The third kappa shape index (κ3) is 6.21. The number of allylic oxidation sites excluding steroid dienone is 2. The highest BCUT2D eigenvalue weighted by Crippen LogP contribution is 2.47. The van der Waals surface area contributed by atoms with E-state index in [0.717, 1.165) is 35.3 Å². The van der Waals surface area contributed by atoms with Gasteiger partial charge in [0.25, 0.3) is 0 Å². The molecule has 52 heavy (non-hydrogen) atoms. The molecule has 5 aromatic rings. The number of nitrogens with zero attached hydrogens (tertiary/aromatic N) is 1. The zero-order valence-electron chi connectivity index (χ0n) is 28.8. The van der Waals surface area contributed by atoms with E-state index in [-0.39, 0.29) is 11.8 Å². The summed E-state index contributed by atoms with van der Waals surface area (Å²) in [5.74, 6) is -2.25. The van der Waals surface area contributed by atoms with Gasteiger partial charge in [-0.1, -0.05) is 85.5 Å². The Morgan fingerprint density at radius 2 is 1.42 bits per heavy atom. The third-order valence-electron chi connectivity index (χ3n) is 10.2. The molecule has 2 aromatic heterocycles. The van der Waals surface area contributed by atoms with Gasteiger partial charge in [-0.05, 0) is 103 Å². The number of carbonyl (C=O) groups is 3. The van der Waals surface area contributed by atoms with E-state index in [0.29, 0.717) is 16.3 Å². The van der Waals surface area contributed by atoms with Gasteiger partial charge in [-0.3, -0.25) is 9.59 Å². The summed E-state index contributed by atoms with van der Waals surface area (Å²) in [6.45, 7) is 10.1. The largest absolute Gasteiger partial charge is 0.422 e. The lowest BCUT2D eigenvalue weighted by atomic mass is 9.89. The van der Waals surface area contributed by atoms with Crippen LogP contribution in [0.15, 0.2) is 109 Å². The van der Waals surface area contributed by atoms with Crippen molar-refractivity contribution in [2.45, 2.75) is 45.3 Å². The summed E-state index contributed by atoms with van der Waals surface area (Å²) in [6.07, 6.45) is 6.82. The van der Waals surface area contributed by atoms with Crippen molar-refractivity contribution in [2.75, 3.05) is 4.90 Å². The van der Waals surface area contributed by atoms with Crippen LogP contribution in [0.25, 0.3) is 27.7 Å². The van der Waals surface area contributed by atoms with Crippen molar-refractivity contribution in [3.63, 3.8) is 0 Å². The molecule has 8 rings (SSSR count). The summed E-state index contributed by atoms with van der Waals surface area (Å²) in [7, 11) is 0. The van der Waals surface area contributed by atoms with Gasteiger partial charge >= 0.3 is 5.97 Å². The zero-order chi connectivity index (χ0) is 35.9. The third-order valence-corrected chi connectivity index (χ3v) is 12.3. The van der Waals surface area contributed by atoms with Crippen LogP contribution >= 0.6 is 22.7 Å². The molecule has 2 fully saturated rings. The van der Waals surface area contributed by atoms with Gasteiger partial charge in [-0.2, -0.15) is 0 Å². The van der Waals surface area contributed by atoms with Crippen molar-refractivity contribution in [3.8, 4) is 16.2 Å². The molecule has 259 valence electrons. The monoisotopic (exact) mass is 722 g/mol. The summed E-state index contributed by atoms with van der Waals surface area (Å²) < 4.78 is 11.8. The average Bonchev–Trinajstić information content (AvgIpc) is 3.99. The van der Waals surface area contributed by atoms with Crippen LogP contribution in [0.5, 0.6) is 5.75 Å². The molecule has 2 aliphatic heterocycles. The Labute approximate surface area is 311 Å². The van der Waals surface area contributed by atoms with Crippen molar-refractivity contribution in [2.24, 2.45) is 11.8 Å². The van der Waals surface area contributed by atoms with Gasteiger partial charge < -0.3 is 9.47 Å². The lowest BCUT2D eigenvalue weighted by Crippen LogP contribution is -2.35. The Bertz CT molecular complexity index is 2250. The molecule has 0 saturated carbocycles. The van der Waals surface area contributed by atoms with E-state index in [1.165, 1.54) is 54.3 Å². The Hall–Kier alpha value is -5.15. The molecule has 3 aromatic carbocycles. The van der Waals surface area contributed by atoms with E-state index >= 15 is 0 Å². The van der Waals surface area contributed by atoms with Crippen molar-refractivity contribution in [1.82, 2.24) is 0 Å². The molecule has 0 bridgehead atoms. The number of thiophene rings is 2. The molecule has 2 amide bonds. The predicted octanol–water partition coefficient (Wildman–Crippen LogP) is 9.98. The molecular weight excluding hydrogens is 687 g/mol. The molecule has 3 aliphatic rings. The lowest BCUT2D eigenvalue weighted by Gasteiger charge is -2.19. The average molecular weight is 723 g/mol. The molecule has 6 nitrogen and oxygen atoms in total. The number of aryl methyl sites for hydroxylation is 2. The summed E-state index contributed by atoms with van der Waals surface area (Å²) in [5.41, 5.74) is 7.66. The van der Waals surface area contributed by atoms with Crippen LogP contribution in [0.1, 0.15) is 55.4 Å². The van der Waals surface area contributed by atoms with E-state index < -0.39 is 30.0 Å². The maximum atomic E-state index is 13.7. The number of hydrogen-bond acceptors (Lipinski definition) is 7. The summed E-state index contributed by atoms with van der Waals surface area (Å²) in [6, 6.07) is 30.9. The maximum Gasteiger partial charge on any atom is 0.353 e. The Balaban J connectivity index is 0.982.